The number of nitrogens with one attached hydrogen (secondary N) is 1. The maximum absolute atomic E-state index is 13.1. The number of pyridine rings is 2. The Morgan fingerprint density at radius 2 is 1.85 bits per heavy atom. The Hall–Kier alpha value is -3.19. The van der Waals surface area contributed by atoms with Gasteiger partial charge in [0, 0.05) is 30.0 Å². The lowest BCUT2D eigenvalue weighted by molar-refractivity contribution is -0.119. The largest absolute Gasteiger partial charge is 0.350 e. The lowest BCUT2D eigenvalue weighted by atomic mass is 10.2. The molecule has 3 aromatic rings. The molecule has 4 rings (SSSR count). The normalized spacial score (nSPS) is 12.7. The summed E-state index contributed by atoms with van der Waals surface area (Å²) < 4.78 is 0. The van der Waals surface area contributed by atoms with E-state index >= 15 is 0 Å². The van der Waals surface area contributed by atoms with Crippen LogP contribution in [0.4, 0.5) is 5.69 Å². The molecule has 7 heteroatoms. The zero-order valence-electron chi connectivity index (χ0n) is 14.3. The molecule has 3 heterocycles. The fraction of sp³-hybridized carbons (Fsp3) is 0.100. The molecular formula is C20H16N4O2S. The summed E-state index contributed by atoms with van der Waals surface area (Å²) in [5, 5.41) is 3.56. The van der Waals surface area contributed by atoms with E-state index in [1.54, 1.807) is 30.7 Å². The third kappa shape index (κ3) is 3.68. The van der Waals surface area contributed by atoms with Gasteiger partial charge in [0.15, 0.2) is 0 Å². The summed E-state index contributed by atoms with van der Waals surface area (Å²) in [6.07, 6.45) is 5.04. The van der Waals surface area contributed by atoms with Crippen LogP contribution in [0.3, 0.4) is 0 Å². The van der Waals surface area contributed by atoms with Gasteiger partial charge in [0.05, 0.1) is 11.3 Å². The van der Waals surface area contributed by atoms with Crippen LogP contribution in [-0.2, 0) is 11.3 Å². The van der Waals surface area contributed by atoms with Crippen molar-refractivity contribution >= 4 is 29.3 Å². The number of hydrogen-bond acceptors (Lipinski definition) is 5. The third-order valence-corrected chi connectivity index (χ3v) is 5.24. The molecule has 1 aliphatic rings. The topological polar surface area (TPSA) is 75.2 Å². The fourth-order valence-corrected chi connectivity index (χ4v) is 3.83. The first kappa shape index (κ1) is 17.2. The van der Waals surface area contributed by atoms with Gasteiger partial charge in [-0.25, -0.2) is 4.98 Å². The van der Waals surface area contributed by atoms with Crippen LogP contribution in [0.1, 0.15) is 15.9 Å². The van der Waals surface area contributed by atoms with Gasteiger partial charge < -0.3 is 5.32 Å². The van der Waals surface area contributed by atoms with Gasteiger partial charge in [-0.3, -0.25) is 19.5 Å². The van der Waals surface area contributed by atoms with Crippen LogP contribution in [0.5, 0.6) is 0 Å². The molecule has 2 aromatic heterocycles. The van der Waals surface area contributed by atoms with Crippen LogP contribution in [0.2, 0.25) is 0 Å². The minimum Gasteiger partial charge on any atom is -0.350 e. The van der Waals surface area contributed by atoms with Gasteiger partial charge in [-0.2, -0.15) is 0 Å². The molecular weight excluding hydrogens is 360 g/mol. The van der Waals surface area contributed by atoms with Crippen molar-refractivity contribution in [3.63, 3.8) is 0 Å². The molecule has 2 amide bonds. The van der Waals surface area contributed by atoms with Gasteiger partial charge in [-0.05, 0) is 42.0 Å². The molecule has 1 aliphatic heterocycles. The number of nitrogens with zero attached hydrogens (tertiary/aromatic N) is 3. The molecule has 0 radical (unpaired) electrons. The first-order chi connectivity index (χ1) is 13.2. The van der Waals surface area contributed by atoms with Crippen molar-refractivity contribution in [2.24, 2.45) is 0 Å². The predicted molar refractivity (Wildman–Crippen MR) is 103 cm³/mol. The highest BCUT2D eigenvalue weighted by atomic mass is 32.2. The molecule has 134 valence electrons. The number of carbonyl (C=O) groups excluding carboxylic acids is 2. The summed E-state index contributed by atoms with van der Waals surface area (Å²) in [7, 11) is 0. The van der Waals surface area contributed by atoms with Crippen LogP contribution < -0.4 is 10.2 Å². The average Bonchev–Trinajstić information content (AvgIpc) is 2.82. The highest BCUT2D eigenvalue weighted by molar-refractivity contribution is 7.99. The first-order valence-electron chi connectivity index (χ1n) is 8.42. The summed E-state index contributed by atoms with van der Waals surface area (Å²) in [6, 6.07) is 14.6. The minimum atomic E-state index is -0.237. The standard InChI is InChI=1S/C20H16N4O2S/c25-18(23-12-14-7-10-21-11-8-14)13-24-16-5-3-9-22-19(16)27-17-6-2-1-4-15(17)20(24)26/h1-11H,12-13H2,(H,23,25). The minimum absolute atomic E-state index is 0.0719. The van der Waals surface area contributed by atoms with E-state index < -0.39 is 0 Å². The second kappa shape index (κ2) is 7.59. The zero-order valence-corrected chi connectivity index (χ0v) is 15.1. The van der Waals surface area contributed by atoms with E-state index in [1.165, 1.54) is 16.7 Å². The van der Waals surface area contributed by atoms with E-state index in [1.807, 2.05) is 36.4 Å². The first-order valence-corrected chi connectivity index (χ1v) is 9.23. The summed E-state index contributed by atoms with van der Waals surface area (Å²) in [5.41, 5.74) is 2.16. The van der Waals surface area contributed by atoms with Crippen molar-refractivity contribution in [2.75, 3.05) is 11.4 Å². The van der Waals surface area contributed by atoms with Gasteiger partial charge >= 0.3 is 0 Å². The fourth-order valence-electron chi connectivity index (χ4n) is 2.82. The monoisotopic (exact) mass is 376 g/mol. The summed E-state index contributed by atoms with van der Waals surface area (Å²) >= 11 is 1.44. The van der Waals surface area contributed by atoms with Crippen molar-refractivity contribution in [1.82, 2.24) is 15.3 Å². The molecule has 1 N–H and O–H groups in total. The Balaban J connectivity index is 1.59. The van der Waals surface area contributed by atoms with Gasteiger partial charge in [0.1, 0.15) is 11.6 Å². The quantitative estimate of drug-likeness (QED) is 0.758. The van der Waals surface area contributed by atoms with E-state index in [9.17, 15) is 9.59 Å². The number of anilines is 1. The van der Waals surface area contributed by atoms with Crippen molar-refractivity contribution in [3.05, 3.63) is 78.2 Å². The smallest absolute Gasteiger partial charge is 0.259 e. The lowest BCUT2D eigenvalue weighted by Gasteiger charge is -2.22. The highest BCUT2D eigenvalue weighted by Gasteiger charge is 2.29. The number of carbonyl (C=O) groups is 2. The molecule has 0 bridgehead atoms. The predicted octanol–water partition coefficient (Wildman–Crippen LogP) is 2.90. The Morgan fingerprint density at radius 1 is 1.04 bits per heavy atom. The molecule has 0 atom stereocenters. The SMILES string of the molecule is O=C(CN1C(=O)c2ccccc2Sc2ncccc21)NCc1ccncc1. The lowest BCUT2D eigenvalue weighted by Crippen LogP contribution is -2.40. The Bertz CT molecular complexity index is 994. The van der Waals surface area contributed by atoms with E-state index in [2.05, 4.69) is 15.3 Å². The summed E-state index contributed by atoms with van der Waals surface area (Å²) in [5.74, 6) is -0.441. The average molecular weight is 376 g/mol. The van der Waals surface area contributed by atoms with E-state index in [0.717, 1.165) is 10.5 Å². The Labute approximate surface area is 160 Å². The van der Waals surface area contributed by atoms with E-state index in [4.69, 9.17) is 0 Å². The number of rotatable bonds is 4. The van der Waals surface area contributed by atoms with Gasteiger partial charge in [0.2, 0.25) is 5.91 Å². The molecule has 6 nitrogen and oxygen atoms in total. The van der Waals surface area contributed by atoms with Crippen molar-refractivity contribution in [2.45, 2.75) is 16.5 Å². The molecule has 0 aliphatic carbocycles. The Morgan fingerprint density at radius 3 is 2.70 bits per heavy atom. The van der Waals surface area contributed by atoms with Crippen molar-refractivity contribution in [1.29, 1.82) is 0 Å². The van der Waals surface area contributed by atoms with E-state index in [-0.39, 0.29) is 18.4 Å². The Kier molecular flexibility index (Phi) is 4.84. The molecule has 0 saturated heterocycles. The molecule has 0 fully saturated rings. The number of fused-ring (bicyclic) bond motifs is 2. The number of aromatic nitrogens is 2. The van der Waals surface area contributed by atoms with E-state index in [0.29, 0.717) is 22.8 Å². The maximum Gasteiger partial charge on any atom is 0.259 e. The second-order valence-electron chi connectivity index (χ2n) is 5.95. The molecule has 0 unspecified atom stereocenters. The number of amides is 2. The van der Waals surface area contributed by atoms with Crippen LogP contribution in [-0.4, -0.2) is 28.3 Å². The highest BCUT2D eigenvalue weighted by Crippen LogP contribution is 2.39. The van der Waals surface area contributed by atoms with Gasteiger partial charge in [-0.15, -0.1) is 0 Å². The molecule has 27 heavy (non-hydrogen) atoms. The summed E-state index contributed by atoms with van der Waals surface area (Å²) in [4.78, 5) is 36.3. The molecule has 0 spiro atoms. The van der Waals surface area contributed by atoms with Crippen LogP contribution in [0, 0.1) is 0 Å². The van der Waals surface area contributed by atoms with Gasteiger partial charge in [0.25, 0.3) is 5.91 Å². The second-order valence-corrected chi connectivity index (χ2v) is 6.98. The molecule has 0 saturated carbocycles. The summed E-state index contributed by atoms with van der Waals surface area (Å²) in [6.45, 7) is 0.312. The third-order valence-electron chi connectivity index (χ3n) is 4.15. The van der Waals surface area contributed by atoms with Crippen LogP contribution >= 0.6 is 11.8 Å². The maximum atomic E-state index is 13.1. The van der Waals surface area contributed by atoms with Crippen LogP contribution in [0.25, 0.3) is 0 Å². The van der Waals surface area contributed by atoms with Crippen molar-refractivity contribution < 1.29 is 9.59 Å². The van der Waals surface area contributed by atoms with Gasteiger partial charge in [-0.1, -0.05) is 23.9 Å². The van der Waals surface area contributed by atoms with Crippen LogP contribution in [0.15, 0.2) is 77.0 Å². The molecule has 1 aromatic carbocycles. The number of hydrogen-bond donors (Lipinski definition) is 1. The van der Waals surface area contributed by atoms with Crippen molar-refractivity contribution in [3.8, 4) is 0 Å². The number of benzene rings is 1. The zero-order chi connectivity index (χ0) is 18.6.